The van der Waals surface area contributed by atoms with Crippen molar-refractivity contribution < 1.29 is 8.78 Å². The van der Waals surface area contributed by atoms with Crippen LogP contribution in [0.4, 0.5) is 8.78 Å². The highest BCUT2D eigenvalue weighted by Crippen LogP contribution is 2.12. The minimum absolute atomic E-state index is 0.208. The lowest BCUT2D eigenvalue weighted by molar-refractivity contribution is 0.506. The Morgan fingerprint density at radius 2 is 2.08 bits per heavy atom. The van der Waals surface area contributed by atoms with Crippen molar-refractivity contribution in [3.63, 3.8) is 0 Å². The van der Waals surface area contributed by atoms with Crippen molar-refractivity contribution >= 4 is 6.21 Å². The lowest BCUT2D eigenvalue weighted by Gasteiger charge is -1.99. The molecule has 0 bridgehead atoms. The Morgan fingerprint density at radius 3 is 2.69 bits per heavy atom. The largest absolute Gasteiger partial charge is 0.293 e. The van der Waals surface area contributed by atoms with Crippen molar-refractivity contribution in [3.05, 3.63) is 34.9 Å². The molecule has 1 nitrogen and oxygen atoms in total. The molecule has 0 aliphatic carbocycles. The smallest absolute Gasteiger partial charge is 0.167 e. The van der Waals surface area contributed by atoms with E-state index >= 15 is 0 Å². The molecule has 0 atom stereocenters. The first kappa shape index (κ1) is 9.84. The summed E-state index contributed by atoms with van der Waals surface area (Å²) in [5, 5.41) is 0. The van der Waals surface area contributed by atoms with Crippen molar-refractivity contribution in [2.75, 3.05) is 6.54 Å². The topological polar surface area (TPSA) is 12.4 Å². The number of hydrogen-bond donors (Lipinski definition) is 0. The molecule has 1 rings (SSSR count). The summed E-state index contributed by atoms with van der Waals surface area (Å²) in [5.41, 5.74) is 0.899. The zero-order valence-electron chi connectivity index (χ0n) is 7.64. The van der Waals surface area contributed by atoms with Gasteiger partial charge in [-0.25, -0.2) is 8.78 Å². The first-order valence-corrected chi connectivity index (χ1v) is 4.10. The Kier molecular flexibility index (Phi) is 3.12. The van der Waals surface area contributed by atoms with Crippen LogP contribution >= 0.6 is 0 Å². The summed E-state index contributed by atoms with van der Waals surface area (Å²) in [7, 11) is 0. The van der Waals surface area contributed by atoms with E-state index in [1.165, 1.54) is 12.3 Å². The van der Waals surface area contributed by atoms with Gasteiger partial charge in [0.25, 0.3) is 0 Å². The van der Waals surface area contributed by atoms with Crippen molar-refractivity contribution in [1.82, 2.24) is 0 Å². The van der Waals surface area contributed by atoms with Crippen molar-refractivity contribution in [3.8, 4) is 0 Å². The zero-order chi connectivity index (χ0) is 9.84. The van der Waals surface area contributed by atoms with E-state index in [4.69, 9.17) is 0 Å². The van der Waals surface area contributed by atoms with Gasteiger partial charge in [-0.05, 0) is 31.5 Å². The zero-order valence-corrected chi connectivity index (χ0v) is 7.64. The second-order valence-electron chi connectivity index (χ2n) is 2.78. The second-order valence-corrected chi connectivity index (χ2v) is 2.78. The summed E-state index contributed by atoms with van der Waals surface area (Å²) in [6.07, 6.45) is 1.35. The van der Waals surface area contributed by atoms with Crippen LogP contribution in [-0.4, -0.2) is 12.8 Å². The summed E-state index contributed by atoms with van der Waals surface area (Å²) in [6, 6.07) is 2.73. The van der Waals surface area contributed by atoms with Gasteiger partial charge in [0.1, 0.15) is 0 Å². The molecule has 0 aliphatic heterocycles. The van der Waals surface area contributed by atoms with Gasteiger partial charge in [-0.3, -0.25) is 4.99 Å². The van der Waals surface area contributed by atoms with Gasteiger partial charge in [0.2, 0.25) is 0 Å². The highest BCUT2D eigenvalue weighted by Gasteiger charge is 2.06. The Morgan fingerprint density at radius 1 is 1.38 bits per heavy atom. The van der Waals surface area contributed by atoms with Gasteiger partial charge >= 0.3 is 0 Å². The van der Waals surface area contributed by atoms with E-state index in [-0.39, 0.29) is 5.56 Å². The molecule has 0 heterocycles. The number of hydrogen-bond acceptors (Lipinski definition) is 1. The van der Waals surface area contributed by atoms with Crippen LogP contribution in [-0.2, 0) is 0 Å². The van der Waals surface area contributed by atoms with Gasteiger partial charge in [0.05, 0.1) is 0 Å². The molecule has 0 aromatic heterocycles. The Hall–Kier alpha value is -1.25. The number of rotatable bonds is 2. The molecule has 1 aromatic rings. The number of aryl methyl sites for hydroxylation is 1. The molecule has 0 aliphatic rings. The van der Waals surface area contributed by atoms with E-state index in [9.17, 15) is 8.78 Å². The maximum absolute atomic E-state index is 13.0. The number of nitrogens with zero attached hydrogens (tertiary/aromatic N) is 1. The SMILES string of the molecule is CCN=Cc1cc(C)cc(F)c1F. The fraction of sp³-hybridized carbons (Fsp3) is 0.300. The molecule has 3 heteroatoms. The minimum Gasteiger partial charge on any atom is -0.293 e. The monoisotopic (exact) mass is 183 g/mol. The van der Waals surface area contributed by atoms with Gasteiger partial charge < -0.3 is 0 Å². The molecule has 70 valence electrons. The Balaban J connectivity index is 3.12. The Labute approximate surface area is 76.1 Å². The summed E-state index contributed by atoms with van der Waals surface area (Å²) < 4.78 is 25.9. The first-order valence-electron chi connectivity index (χ1n) is 4.10. The molecular formula is C10H11F2N. The van der Waals surface area contributed by atoms with E-state index in [1.54, 1.807) is 13.0 Å². The standard InChI is InChI=1S/C10H11F2N/c1-3-13-6-8-4-7(2)5-9(11)10(8)12/h4-6H,3H2,1-2H3. The van der Waals surface area contributed by atoms with Gasteiger partial charge in [0, 0.05) is 18.3 Å². The van der Waals surface area contributed by atoms with Crippen LogP contribution in [0.5, 0.6) is 0 Å². The van der Waals surface area contributed by atoms with Crippen molar-refractivity contribution in [2.24, 2.45) is 4.99 Å². The second kappa shape index (κ2) is 4.12. The van der Waals surface area contributed by atoms with Crippen molar-refractivity contribution in [2.45, 2.75) is 13.8 Å². The van der Waals surface area contributed by atoms with Crippen LogP contribution < -0.4 is 0 Å². The lowest BCUT2D eigenvalue weighted by Crippen LogP contribution is -1.94. The summed E-state index contributed by atoms with van der Waals surface area (Å²) in [5.74, 6) is -1.65. The van der Waals surface area contributed by atoms with Crippen molar-refractivity contribution in [1.29, 1.82) is 0 Å². The molecule has 0 N–H and O–H groups in total. The lowest BCUT2D eigenvalue weighted by atomic mass is 10.1. The summed E-state index contributed by atoms with van der Waals surface area (Å²) in [6.45, 7) is 4.11. The molecular weight excluding hydrogens is 172 g/mol. The number of benzene rings is 1. The first-order chi connectivity index (χ1) is 6.15. The van der Waals surface area contributed by atoms with E-state index in [2.05, 4.69) is 4.99 Å². The number of halogens is 2. The third kappa shape index (κ3) is 2.34. The van der Waals surface area contributed by atoms with Crippen LogP contribution in [0, 0.1) is 18.6 Å². The third-order valence-corrected chi connectivity index (χ3v) is 1.61. The van der Waals surface area contributed by atoms with Gasteiger partial charge in [-0.1, -0.05) is 0 Å². The van der Waals surface area contributed by atoms with Gasteiger partial charge in [-0.2, -0.15) is 0 Å². The molecule has 1 aromatic carbocycles. The van der Waals surface area contributed by atoms with Gasteiger partial charge in [-0.15, -0.1) is 0 Å². The molecule has 0 fully saturated rings. The molecule has 0 saturated heterocycles. The molecule has 0 amide bonds. The van der Waals surface area contributed by atoms with Gasteiger partial charge in [0.15, 0.2) is 11.6 Å². The van der Waals surface area contributed by atoms with Crippen LogP contribution in [0.15, 0.2) is 17.1 Å². The fourth-order valence-corrected chi connectivity index (χ4v) is 1.04. The van der Waals surface area contributed by atoms with E-state index < -0.39 is 11.6 Å². The molecule has 0 spiro atoms. The summed E-state index contributed by atoms with van der Waals surface area (Å²) >= 11 is 0. The van der Waals surface area contributed by atoms with Crippen LogP contribution in [0.25, 0.3) is 0 Å². The maximum Gasteiger partial charge on any atom is 0.167 e. The third-order valence-electron chi connectivity index (χ3n) is 1.61. The highest BCUT2D eigenvalue weighted by molar-refractivity contribution is 5.80. The minimum atomic E-state index is -0.831. The average Bonchev–Trinajstić information content (AvgIpc) is 2.09. The highest BCUT2D eigenvalue weighted by atomic mass is 19.2. The van der Waals surface area contributed by atoms with E-state index in [0.29, 0.717) is 12.1 Å². The van der Waals surface area contributed by atoms with Crippen LogP contribution in [0.1, 0.15) is 18.1 Å². The Bertz CT molecular complexity index is 332. The van der Waals surface area contributed by atoms with Crippen LogP contribution in [0.3, 0.4) is 0 Å². The average molecular weight is 183 g/mol. The van der Waals surface area contributed by atoms with Crippen LogP contribution in [0.2, 0.25) is 0 Å². The molecule has 0 unspecified atom stereocenters. The predicted molar refractivity (Wildman–Crippen MR) is 49.2 cm³/mol. The molecule has 0 saturated carbocycles. The van der Waals surface area contributed by atoms with E-state index in [0.717, 1.165) is 0 Å². The normalized spacial score (nSPS) is 11.1. The van der Waals surface area contributed by atoms with E-state index in [1.807, 2.05) is 6.92 Å². The molecule has 0 radical (unpaired) electrons. The summed E-state index contributed by atoms with van der Waals surface area (Å²) in [4.78, 5) is 3.85. The quantitative estimate of drug-likeness (QED) is 0.625. The molecule has 13 heavy (non-hydrogen) atoms. The fourth-order valence-electron chi connectivity index (χ4n) is 1.04. The maximum atomic E-state index is 13.0. The number of aliphatic imine (C=N–C) groups is 1. The predicted octanol–water partition coefficient (Wildman–Crippen LogP) is 2.71.